The highest BCUT2D eigenvalue weighted by molar-refractivity contribution is 7.10. The highest BCUT2D eigenvalue weighted by atomic mass is 32.1. The van der Waals surface area contributed by atoms with Gasteiger partial charge in [0, 0.05) is 5.69 Å². The lowest BCUT2D eigenvalue weighted by atomic mass is 10.2. The minimum absolute atomic E-state index is 0.0582. The summed E-state index contributed by atoms with van der Waals surface area (Å²) in [5, 5.41) is 12.7. The molecule has 0 fully saturated rings. The molecule has 0 radical (unpaired) electrons. The van der Waals surface area contributed by atoms with Gasteiger partial charge in [-0.05, 0) is 67.0 Å². The van der Waals surface area contributed by atoms with Gasteiger partial charge in [0.15, 0.2) is 0 Å². The molecule has 146 valence electrons. The molecule has 0 bridgehead atoms. The van der Waals surface area contributed by atoms with E-state index in [0.717, 1.165) is 11.5 Å². The molecule has 5 N–H and O–H groups in total. The Balaban J connectivity index is 1.75. The smallest absolute Gasteiger partial charge is 0.271 e. The highest BCUT2D eigenvalue weighted by Crippen LogP contribution is 2.26. The maximum atomic E-state index is 12.9. The first kappa shape index (κ1) is 19.6. The van der Waals surface area contributed by atoms with Crippen LogP contribution in [0.5, 0.6) is 11.5 Å². The van der Waals surface area contributed by atoms with Crippen LogP contribution < -0.4 is 21.3 Å². The fraction of sp³-hybridized carbons (Fsp3) is 0.158. The summed E-state index contributed by atoms with van der Waals surface area (Å²) in [6, 6.07) is 12.4. The van der Waals surface area contributed by atoms with E-state index in [0.29, 0.717) is 22.2 Å². The molecule has 0 saturated carbocycles. The van der Waals surface area contributed by atoms with Crippen molar-refractivity contribution in [1.29, 1.82) is 0 Å². The summed E-state index contributed by atoms with van der Waals surface area (Å²) >= 11 is 1.10. The van der Waals surface area contributed by atoms with Gasteiger partial charge in [-0.1, -0.05) is 0 Å². The van der Waals surface area contributed by atoms with Gasteiger partial charge in [0.25, 0.3) is 5.56 Å². The number of aromatic nitrogens is 1. The topological polar surface area (TPSA) is 113 Å². The number of aliphatic imine (C=N–C) groups is 1. The van der Waals surface area contributed by atoms with Crippen molar-refractivity contribution in [3.05, 3.63) is 70.3 Å². The lowest BCUT2D eigenvalue weighted by molar-refractivity contribution is 0.274. The summed E-state index contributed by atoms with van der Waals surface area (Å²) in [6.07, 6.45) is 0. The van der Waals surface area contributed by atoms with Crippen molar-refractivity contribution >= 4 is 28.1 Å². The Morgan fingerprint density at radius 3 is 2.46 bits per heavy atom. The number of benzene rings is 2. The second-order valence-corrected chi connectivity index (χ2v) is 6.81. The molecule has 0 spiro atoms. The molecular formula is C19H19FN4O3S. The fourth-order valence-electron chi connectivity index (χ4n) is 2.34. The number of nitrogens with one attached hydrogen (secondary N) is 2. The Morgan fingerprint density at radius 1 is 1.25 bits per heavy atom. The van der Waals surface area contributed by atoms with E-state index in [4.69, 9.17) is 15.6 Å². The van der Waals surface area contributed by atoms with E-state index in [1.54, 1.807) is 43.3 Å². The van der Waals surface area contributed by atoms with Crippen molar-refractivity contribution < 1.29 is 14.2 Å². The predicted octanol–water partition coefficient (Wildman–Crippen LogP) is 3.20. The molecule has 3 aromatic rings. The first-order valence-corrected chi connectivity index (χ1v) is 9.24. The van der Waals surface area contributed by atoms with Gasteiger partial charge in [0.1, 0.15) is 33.7 Å². The molecule has 7 nitrogen and oxygen atoms in total. The summed E-state index contributed by atoms with van der Waals surface area (Å²) in [5.74, 6) is 0.833. The molecule has 1 heterocycles. The monoisotopic (exact) mass is 402 g/mol. The zero-order valence-corrected chi connectivity index (χ0v) is 15.8. The molecule has 0 aliphatic heterocycles. The minimum Gasteiger partial charge on any atom is -0.457 e. The van der Waals surface area contributed by atoms with E-state index in [9.17, 15) is 9.18 Å². The van der Waals surface area contributed by atoms with Crippen molar-refractivity contribution in [2.45, 2.75) is 13.0 Å². The molecule has 1 aromatic heterocycles. The van der Waals surface area contributed by atoms with E-state index >= 15 is 0 Å². The van der Waals surface area contributed by atoms with Crippen LogP contribution in [0.2, 0.25) is 0 Å². The summed E-state index contributed by atoms with van der Waals surface area (Å²) in [4.78, 5) is 16.2. The predicted molar refractivity (Wildman–Crippen MR) is 108 cm³/mol. The molecule has 1 atom stereocenters. The standard InChI is InChI=1S/C19H19FN4O3S/c1-11(10-25)22-17(21)16-18(26)24-28-19(16)23-13-4-8-15(9-5-13)27-14-6-2-12(20)3-7-14/h2-9,11,23,25H,10H2,1H3,(H2,21,22)(H,24,26). The summed E-state index contributed by atoms with van der Waals surface area (Å²) in [7, 11) is 0. The van der Waals surface area contributed by atoms with Gasteiger partial charge in [-0.3, -0.25) is 14.2 Å². The number of anilines is 2. The van der Waals surface area contributed by atoms with Crippen LogP contribution in [-0.4, -0.2) is 28.0 Å². The Morgan fingerprint density at radius 2 is 1.86 bits per heavy atom. The number of aromatic amines is 1. The molecule has 28 heavy (non-hydrogen) atoms. The molecule has 0 amide bonds. The first-order valence-electron chi connectivity index (χ1n) is 8.42. The van der Waals surface area contributed by atoms with Crippen LogP contribution in [0.25, 0.3) is 0 Å². The average Bonchev–Trinajstić information content (AvgIpc) is 3.05. The van der Waals surface area contributed by atoms with E-state index in [1.807, 2.05) is 0 Å². The van der Waals surface area contributed by atoms with Crippen molar-refractivity contribution in [2.75, 3.05) is 11.9 Å². The molecule has 0 saturated heterocycles. The van der Waals surface area contributed by atoms with Gasteiger partial charge >= 0.3 is 0 Å². The van der Waals surface area contributed by atoms with Gasteiger partial charge in [-0.25, -0.2) is 4.39 Å². The van der Waals surface area contributed by atoms with Crippen molar-refractivity contribution in [1.82, 2.24) is 4.37 Å². The van der Waals surface area contributed by atoms with Crippen molar-refractivity contribution in [3.63, 3.8) is 0 Å². The lowest BCUT2D eigenvalue weighted by Gasteiger charge is -2.09. The summed E-state index contributed by atoms with van der Waals surface area (Å²) < 4.78 is 21.2. The first-order chi connectivity index (χ1) is 13.5. The number of amidine groups is 1. The number of nitrogens with zero attached hydrogens (tertiary/aromatic N) is 1. The van der Waals surface area contributed by atoms with Crippen LogP contribution in [0.1, 0.15) is 12.5 Å². The molecule has 1 unspecified atom stereocenters. The second-order valence-electron chi connectivity index (χ2n) is 5.99. The third-order valence-corrected chi connectivity index (χ3v) is 4.54. The van der Waals surface area contributed by atoms with Gasteiger partial charge in [0.2, 0.25) is 0 Å². The van der Waals surface area contributed by atoms with Crippen molar-refractivity contribution in [2.24, 2.45) is 10.7 Å². The number of hydrogen-bond acceptors (Lipinski definition) is 6. The summed E-state index contributed by atoms with van der Waals surface area (Å²) in [5.41, 5.74) is 6.53. The van der Waals surface area contributed by atoms with Crippen LogP contribution >= 0.6 is 11.5 Å². The zero-order valence-electron chi connectivity index (χ0n) is 15.0. The number of rotatable bonds is 7. The maximum absolute atomic E-state index is 12.9. The Bertz CT molecular complexity index is 1010. The van der Waals surface area contributed by atoms with Gasteiger partial charge in [-0.15, -0.1) is 0 Å². The lowest BCUT2D eigenvalue weighted by Crippen LogP contribution is -2.24. The number of hydrogen-bond donors (Lipinski definition) is 4. The number of aliphatic hydroxyl groups is 1. The highest BCUT2D eigenvalue weighted by Gasteiger charge is 2.15. The third kappa shape index (κ3) is 4.76. The molecule has 2 aromatic carbocycles. The SMILES string of the molecule is CC(CO)N=C(N)c1c(Nc2ccc(Oc3ccc(F)cc3)cc2)s[nH]c1=O. The van der Waals surface area contributed by atoms with Crippen LogP contribution in [0.4, 0.5) is 15.1 Å². The van der Waals surface area contributed by atoms with E-state index in [1.165, 1.54) is 12.1 Å². The molecule has 0 aliphatic carbocycles. The van der Waals surface area contributed by atoms with E-state index in [2.05, 4.69) is 14.7 Å². The number of H-pyrrole nitrogens is 1. The van der Waals surface area contributed by atoms with E-state index < -0.39 is 6.04 Å². The van der Waals surface area contributed by atoms with Gasteiger partial charge in [0.05, 0.1) is 12.6 Å². The number of halogens is 1. The molecule has 9 heteroatoms. The Hall–Kier alpha value is -3.17. The van der Waals surface area contributed by atoms with Crippen LogP contribution in [-0.2, 0) is 0 Å². The number of nitrogens with two attached hydrogens (primary N) is 1. The Labute approximate surface area is 164 Å². The fourth-order valence-corrected chi connectivity index (χ4v) is 3.11. The maximum Gasteiger partial charge on any atom is 0.271 e. The quantitative estimate of drug-likeness (QED) is 0.358. The van der Waals surface area contributed by atoms with Crippen molar-refractivity contribution in [3.8, 4) is 11.5 Å². The van der Waals surface area contributed by atoms with Crippen LogP contribution in [0, 0.1) is 5.82 Å². The third-order valence-electron chi connectivity index (χ3n) is 3.74. The second kappa shape index (κ2) is 8.68. The molecule has 0 aliphatic rings. The van der Waals surface area contributed by atoms with Crippen LogP contribution in [0.15, 0.2) is 58.3 Å². The number of ether oxygens (including phenoxy) is 1. The molecular weight excluding hydrogens is 383 g/mol. The van der Waals surface area contributed by atoms with Gasteiger partial charge < -0.3 is 20.9 Å². The molecule has 3 rings (SSSR count). The zero-order chi connectivity index (χ0) is 20.1. The average molecular weight is 402 g/mol. The van der Waals surface area contributed by atoms with Gasteiger partial charge in [-0.2, -0.15) is 0 Å². The van der Waals surface area contributed by atoms with E-state index in [-0.39, 0.29) is 29.4 Å². The number of aliphatic hydroxyl groups excluding tert-OH is 1. The largest absolute Gasteiger partial charge is 0.457 e. The normalized spacial score (nSPS) is 12.6. The minimum atomic E-state index is -0.407. The van der Waals surface area contributed by atoms with Crippen LogP contribution in [0.3, 0.4) is 0 Å². The summed E-state index contributed by atoms with van der Waals surface area (Å²) in [6.45, 7) is 1.53. The Kier molecular flexibility index (Phi) is 6.07.